The molecule has 0 fully saturated rings. The lowest BCUT2D eigenvalue weighted by atomic mass is 10.2. The quantitative estimate of drug-likeness (QED) is 0.706. The SMILES string of the molecule is COCCN(Cc1ccccn1)C(=O)c1ccccc1I. The number of methoxy groups -OCH3 is 1. The highest BCUT2D eigenvalue weighted by atomic mass is 127. The van der Waals surface area contributed by atoms with Crippen LogP contribution in [0.5, 0.6) is 0 Å². The number of pyridine rings is 1. The summed E-state index contributed by atoms with van der Waals surface area (Å²) in [6, 6.07) is 13.3. The Morgan fingerprint density at radius 2 is 2.00 bits per heavy atom. The first-order valence-corrected chi connectivity index (χ1v) is 7.73. The number of ether oxygens (including phenoxy) is 1. The van der Waals surface area contributed by atoms with E-state index in [2.05, 4.69) is 27.6 Å². The molecule has 0 aliphatic rings. The highest BCUT2D eigenvalue weighted by molar-refractivity contribution is 14.1. The summed E-state index contributed by atoms with van der Waals surface area (Å²) in [6.45, 7) is 1.52. The predicted molar refractivity (Wildman–Crippen MR) is 90.0 cm³/mol. The van der Waals surface area contributed by atoms with Crippen molar-refractivity contribution in [2.24, 2.45) is 0 Å². The molecule has 0 spiro atoms. The van der Waals surface area contributed by atoms with E-state index in [1.54, 1.807) is 18.2 Å². The van der Waals surface area contributed by atoms with Gasteiger partial charge in [0.15, 0.2) is 0 Å². The van der Waals surface area contributed by atoms with Gasteiger partial charge in [-0.15, -0.1) is 0 Å². The second-order valence-electron chi connectivity index (χ2n) is 4.52. The lowest BCUT2D eigenvalue weighted by molar-refractivity contribution is 0.0677. The van der Waals surface area contributed by atoms with Crippen molar-refractivity contribution in [3.05, 3.63) is 63.5 Å². The lowest BCUT2D eigenvalue weighted by Gasteiger charge is -2.22. The molecule has 21 heavy (non-hydrogen) atoms. The summed E-state index contributed by atoms with van der Waals surface area (Å²) in [5.41, 5.74) is 1.58. The van der Waals surface area contributed by atoms with Crippen molar-refractivity contribution in [1.82, 2.24) is 9.88 Å². The summed E-state index contributed by atoms with van der Waals surface area (Å²) >= 11 is 2.18. The number of rotatable bonds is 6. The van der Waals surface area contributed by atoms with Crippen LogP contribution in [0, 0.1) is 3.57 Å². The molecule has 110 valence electrons. The van der Waals surface area contributed by atoms with E-state index in [4.69, 9.17) is 4.74 Å². The summed E-state index contributed by atoms with van der Waals surface area (Å²) in [6.07, 6.45) is 1.74. The zero-order valence-electron chi connectivity index (χ0n) is 11.8. The van der Waals surface area contributed by atoms with Crippen LogP contribution in [-0.2, 0) is 11.3 Å². The minimum absolute atomic E-state index is 0.00250. The minimum atomic E-state index is 0.00250. The second-order valence-corrected chi connectivity index (χ2v) is 5.68. The van der Waals surface area contributed by atoms with Crippen LogP contribution in [0.1, 0.15) is 16.1 Å². The largest absolute Gasteiger partial charge is 0.383 e. The van der Waals surface area contributed by atoms with Crippen LogP contribution >= 0.6 is 22.6 Å². The first-order valence-electron chi connectivity index (χ1n) is 6.65. The third-order valence-corrected chi connectivity index (χ3v) is 3.98. The van der Waals surface area contributed by atoms with Crippen LogP contribution in [-0.4, -0.2) is 36.1 Å². The van der Waals surface area contributed by atoms with Crippen molar-refractivity contribution in [3.63, 3.8) is 0 Å². The van der Waals surface area contributed by atoms with Gasteiger partial charge in [0.25, 0.3) is 5.91 Å². The van der Waals surface area contributed by atoms with Gasteiger partial charge < -0.3 is 9.64 Å². The number of nitrogens with zero attached hydrogens (tertiary/aromatic N) is 2. The molecule has 0 aliphatic heterocycles. The van der Waals surface area contributed by atoms with Crippen molar-refractivity contribution in [2.75, 3.05) is 20.3 Å². The van der Waals surface area contributed by atoms with Gasteiger partial charge in [-0.25, -0.2) is 0 Å². The topological polar surface area (TPSA) is 42.4 Å². The number of halogens is 1. The van der Waals surface area contributed by atoms with Gasteiger partial charge in [0.2, 0.25) is 0 Å². The van der Waals surface area contributed by atoms with E-state index in [-0.39, 0.29) is 5.91 Å². The molecule has 1 heterocycles. The summed E-state index contributed by atoms with van der Waals surface area (Å²) < 4.78 is 6.06. The van der Waals surface area contributed by atoms with Gasteiger partial charge in [-0.3, -0.25) is 9.78 Å². The number of hydrogen-bond donors (Lipinski definition) is 0. The molecule has 2 rings (SSSR count). The van der Waals surface area contributed by atoms with Crippen molar-refractivity contribution in [2.45, 2.75) is 6.54 Å². The maximum absolute atomic E-state index is 12.7. The number of carbonyl (C=O) groups is 1. The van der Waals surface area contributed by atoms with E-state index in [9.17, 15) is 4.79 Å². The van der Waals surface area contributed by atoms with E-state index < -0.39 is 0 Å². The average molecular weight is 396 g/mol. The Hall–Kier alpha value is -1.47. The zero-order chi connectivity index (χ0) is 15.1. The molecular formula is C16H17IN2O2. The number of aromatic nitrogens is 1. The van der Waals surface area contributed by atoms with Gasteiger partial charge in [0.05, 0.1) is 24.4 Å². The number of hydrogen-bond acceptors (Lipinski definition) is 3. The molecule has 1 amide bonds. The second kappa shape index (κ2) is 8.09. The van der Waals surface area contributed by atoms with E-state index in [1.807, 2.05) is 42.5 Å². The standard InChI is InChI=1S/C16H17IN2O2/c1-21-11-10-19(12-13-6-4-5-9-18-13)16(20)14-7-2-3-8-15(14)17/h2-9H,10-12H2,1H3. The first kappa shape index (κ1) is 15.9. The van der Waals surface area contributed by atoms with Crippen LogP contribution in [0.15, 0.2) is 48.7 Å². The van der Waals surface area contributed by atoms with Gasteiger partial charge in [-0.2, -0.15) is 0 Å². The van der Waals surface area contributed by atoms with Gasteiger partial charge in [0, 0.05) is 23.4 Å². The summed E-state index contributed by atoms with van der Waals surface area (Å²) in [5, 5.41) is 0. The van der Waals surface area contributed by atoms with Crippen LogP contribution < -0.4 is 0 Å². The van der Waals surface area contributed by atoms with Crippen molar-refractivity contribution < 1.29 is 9.53 Å². The Bertz CT molecular complexity index is 590. The fourth-order valence-corrected chi connectivity index (χ4v) is 2.56. The molecule has 0 radical (unpaired) electrons. The number of amides is 1. The Morgan fingerprint density at radius 1 is 1.24 bits per heavy atom. The molecule has 0 saturated heterocycles. The fraction of sp³-hybridized carbons (Fsp3) is 0.250. The number of benzene rings is 1. The van der Waals surface area contributed by atoms with Crippen molar-refractivity contribution in [1.29, 1.82) is 0 Å². The maximum Gasteiger partial charge on any atom is 0.255 e. The molecule has 1 aromatic heterocycles. The third kappa shape index (κ3) is 4.50. The predicted octanol–water partition coefficient (Wildman–Crippen LogP) is 2.98. The number of carbonyl (C=O) groups excluding carboxylic acids is 1. The van der Waals surface area contributed by atoms with Gasteiger partial charge in [-0.1, -0.05) is 18.2 Å². The minimum Gasteiger partial charge on any atom is -0.383 e. The van der Waals surface area contributed by atoms with Crippen molar-refractivity contribution >= 4 is 28.5 Å². The lowest BCUT2D eigenvalue weighted by Crippen LogP contribution is -2.34. The molecule has 5 heteroatoms. The zero-order valence-corrected chi connectivity index (χ0v) is 14.0. The summed E-state index contributed by atoms with van der Waals surface area (Å²) in [4.78, 5) is 18.8. The molecule has 1 aromatic carbocycles. The smallest absolute Gasteiger partial charge is 0.255 e. The Labute approximate surface area is 138 Å². The van der Waals surface area contributed by atoms with E-state index in [1.165, 1.54) is 0 Å². The molecular weight excluding hydrogens is 379 g/mol. The van der Waals surface area contributed by atoms with E-state index in [0.717, 1.165) is 9.26 Å². The highest BCUT2D eigenvalue weighted by Gasteiger charge is 2.18. The summed E-state index contributed by atoms with van der Waals surface area (Å²) in [7, 11) is 1.63. The average Bonchev–Trinajstić information content (AvgIpc) is 2.52. The Balaban J connectivity index is 2.19. The van der Waals surface area contributed by atoms with Gasteiger partial charge in [-0.05, 0) is 46.9 Å². The van der Waals surface area contributed by atoms with E-state index >= 15 is 0 Å². The van der Waals surface area contributed by atoms with E-state index in [0.29, 0.717) is 25.3 Å². The molecule has 2 aromatic rings. The highest BCUT2D eigenvalue weighted by Crippen LogP contribution is 2.15. The monoisotopic (exact) mass is 396 g/mol. The van der Waals surface area contributed by atoms with Crippen LogP contribution in [0.25, 0.3) is 0 Å². The van der Waals surface area contributed by atoms with Crippen LogP contribution in [0.2, 0.25) is 0 Å². The third-order valence-electron chi connectivity index (χ3n) is 3.04. The Morgan fingerprint density at radius 3 is 2.67 bits per heavy atom. The van der Waals surface area contributed by atoms with Gasteiger partial charge in [0.1, 0.15) is 0 Å². The Kier molecular flexibility index (Phi) is 6.13. The molecule has 0 bridgehead atoms. The van der Waals surface area contributed by atoms with Crippen LogP contribution in [0.3, 0.4) is 0 Å². The molecule has 0 atom stereocenters. The first-order chi connectivity index (χ1) is 10.2. The van der Waals surface area contributed by atoms with Crippen LogP contribution in [0.4, 0.5) is 0 Å². The molecule has 4 nitrogen and oxygen atoms in total. The van der Waals surface area contributed by atoms with Gasteiger partial charge >= 0.3 is 0 Å². The fourth-order valence-electron chi connectivity index (χ4n) is 1.95. The molecule has 0 unspecified atom stereocenters. The normalized spacial score (nSPS) is 10.4. The maximum atomic E-state index is 12.7. The van der Waals surface area contributed by atoms with Crippen molar-refractivity contribution in [3.8, 4) is 0 Å². The molecule has 0 N–H and O–H groups in total. The summed E-state index contributed by atoms with van der Waals surface area (Å²) in [5.74, 6) is 0.00250. The molecule has 0 saturated carbocycles. The molecule has 0 aliphatic carbocycles.